The van der Waals surface area contributed by atoms with Crippen molar-refractivity contribution in [1.29, 1.82) is 0 Å². The Morgan fingerprint density at radius 2 is 1.85 bits per heavy atom. The second kappa shape index (κ2) is 5.97. The van der Waals surface area contributed by atoms with Crippen LogP contribution < -0.4 is 5.73 Å². The number of hydrogen-bond donors (Lipinski definition) is 1. The van der Waals surface area contributed by atoms with E-state index >= 15 is 0 Å². The van der Waals surface area contributed by atoms with Crippen LogP contribution in [0.1, 0.15) is 21.5 Å². The molecule has 4 heteroatoms. The molecule has 0 bridgehead atoms. The second-order valence-corrected chi connectivity index (χ2v) is 5.26. The molecule has 0 aromatic heterocycles. The molecule has 0 fully saturated rings. The second-order valence-electron chi connectivity index (χ2n) is 4.82. The number of carbonyl (C=O) groups is 1. The number of amides is 1. The lowest BCUT2D eigenvalue weighted by atomic mass is 10.1. The number of nitrogens with zero attached hydrogens (tertiary/aromatic N) is 1. The maximum absolute atomic E-state index is 12.4. The molecule has 3 nitrogen and oxygen atoms in total. The predicted molar refractivity (Wildman–Crippen MR) is 82.8 cm³/mol. The van der Waals surface area contributed by atoms with Gasteiger partial charge in [0.1, 0.15) is 0 Å². The van der Waals surface area contributed by atoms with E-state index in [0.717, 1.165) is 11.1 Å². The number of carbonyl (C=O) groups excluding carboxylic acids is 1. The third kappa shape index (κ3) is 3.11. The highest BCUT2D eigenvalue weighted by Crippen LogP contribution is 2.19. The molecule has 0 saturated carbocycles. The number of hydrogen-bond acceptors (Lipinski definition) is 2. The first-order valence-corrected chi connectivity index (χ1v) is 6.72. The van der Waals surface area contributed by atoms with Crippen molar-refractivity contribution < 1.29 is 4.79 Å². The maximum atomic E-state index is 12.4. The predicted octanol–water partition coefficient (Wildman–Crippen LogP) is 3.50. The van der Waals surface area contributed by atoms with E-state index in [1.54, 1.807) is 18.0 Å². The van der Waals surface area contributed by atoms with E-state index in [0.29, 0.717) is 22.8 Å². The fraction of sp³-hybridized carbons (Fsp3) is 0.188. The van der Waals surface area contributed by atoms with Gasteiger partial charge in [0.25, 0.3) is 5.91 Å². The molecule has 0 spiro atoms. The fourth-order valence-corrected chi connectivity index (χ4v) is 2.13. The largest absolute Gasteiger partial charge is 0.398 e. The van der Waals surface area contributed by atoms with Crippen LogP contribution in [0, 0.1) is 6.92 Å². The molecule has 0 unspecified atom stereocenters. The Labute approximate surface area is 124 Å². The first kappa shape index (κ1) is 14.4. The van der Waals surface area contributed by atoms with Gasteiger partial charge in [-0.15, -0.1) is 0 Å². The Hall–Kier alpha value is -2.00. The Morgan fingerprint density at radius 3 is 2.50 bits per heavy atom. The zero-order valence-electron chi connectivity index (χ0n) is 11.6. The zero-order valence-corrected chi connectivity index (χ0v) is 12.3. The van der Waals surface area contributed by atoms with Crippen LogP contribution in [0.15, 0.2) is 42.5 Å². The van der Waals surface area contributed by atoms with Crippen LogP contribution in [0.5, 0.6) is 0 Å². The number of anilines is 1. The van der Waals surface area contributed by atoms with Gasteiger partial charge in [0, 0.05) is 24.3 Å². The van der Waals surface area contributed by atoms with Gasteiger partial charge >= 0.3 is 0 Å². The van der Waals surface area contributed by atoms with Gasteiger partial charge in [-0.3, -0.25) is 4.79 Å². The summed E-state index contributed by atoms with van der Waals surface area (Å²) in [6.07, 6.45) is 0. The fourth-order valence-electron chi connectivity index (χ4n) is 2.01. The van der Waals surface area contributed by atoms with Gasteiger partial charge in [0.05, 0.1) is 5.56 Å². The van der Waals surface area contributed by atoms with Crippen LogP contribution >= 0.6 is 11.6 Å². The molecule has 0 aliphatic heterocycles. The third-order valence-electron chi connectivity index (χ3n) is 3.23. The van der Waals surface area contributed by atoms with Gasteiger partial charge in [-0.25, -0.2) is 0 Å². The summed E-state index contributed by atoms with van der Waals surface area (Å²) in [5.41, 5.74) is 8.99. The normalized spacial score (nSPS) is 10.3. The summed E-state index contributed by atoms with van der Waals surface area (Å²) in [7, 11) is 1.76. The number of para-hydroxylation sites is 1. The van der Waals surface area contributed by atoms with E-state index in [1.165, 1.54) is 0 Å². The van der Waals surface area contributed by atoms with Crippen LogP contribution in [0.2, 0.25) is 5.02 Å². The van der Waals surface area contributed by atoms with Gasteiger partial charge in [-0.05, 0) is 36.2 Å². The van der Waals surface area contributed by atoms with Crippen LogP contribution in [-0.2, 0) is 6.54 Å². The topological polar surface area (TPSA) is 46.3 Å². The number of aryl methyl sites for hydroxylation is 1. The minimum atomic E-state index is -0.0823. The van der Waals surface area contributed by atoms with Crippen molar-refractivity contribution in [3.63, 3.8) is 0 Å². The Balaban J connectivity index is 2.16. The number of halogens is 1. The standard InChI is InChI=1S/C16H17ClN2O/c1-11-4-3-5-14(15(11)18)16(20)19(2)10-12-6-8-13(17)9-7-12/h3-9H,10,18H2,1-2H3. The van der Waals surface area contributed by atoms with Gasteiger partial charge in [-0.1, -0.05) is 35.9 Å². The van der Waals surface area contributed by atoms with Crippen molar-refractivity contribution in [3.8, 4) is 0 Å². The molecular formula is C16H17ClN2O. The van der Waals surface area contributed by atoms with Crippen molar-refractivity contribution in [2.45, 2.75) is 13.5 Å². The lowest BCUT2D eigenvalue weighted by Crippen LogP contribution is -2.27. The summed E-state index contributed by atoms with van der Waals surface area (Å²) in [6.45, 7) is 2.41. The molecule has 2 aromatic carbocycles. The van der Waals surface area contributed by atoms with Crippen molar-refractivity contribution in [1.82, 2.24) is 4.90 Å². The molecule has 1 amide bonds. The van der Waals surface area contributed by atoms with Crippen LogP contribution in [-0.4, -0.2) is 17.9 Å². The lowest BCUT2D eigenvalue weighted by molar-refractivity contribution is 0.0786. The minimum Gasteiger partial charge on any atom is -0.398 e. The molecule has 2 N–H and O–H groups in total. The van der Waals surface area contributed by atoms with Crippen LogP contribution in [0.25, 0.3) is 0 Å². The number of rotatable bonds is 3. The van der Waals surface area contributed by atoms with Crippen LogP contribution in [0.3, 0.4) is 0 Å². The summed E-state index contributed by atoms with van der Waals surface area (Å²) in [5, 5.41) is 0.686. The van der Waals surface area contributed by atoms with Gasteiger partial charge in [0.2, 0.25) is 0 Å². The molecular weight excluding hydrogens is 272 g/mol. The average Bonchev–Trinajstić information content (AvgIpc) is 2.43. The highest BCUT2D eigenvalue weighted by Gasteiger charge is 2.15. The number of nitrogens with two attached hydrogens (primary N) is 1. The van der Waals surface area contributed by atoms with E-state index in [1.807, 2.05) is 43.3 Å². The van der Waals surface area contributed by atoms with Crippen molar-refractivity contribution in [2.75, 3.05) is 12.8 Å². The van der Waals surface area contributed by atoms with E-state index < -0.39 is 0 Å². The van der Waals surface area contributed by atoms with Crippen molar-refractivity contribution in [2.24, 2.45) is 0 Å². The Morgan fingerprint density at radius 1 is 1.20 bits per heavy atom. The van der Waals surface area contributed by atoms with Crippen molar-refractivity contribution in [3.05, 3.63) is 64.2 Å². The van der Waals surface area contributed by atoms with E-state index in [2.05, 4.69) is 0 Å². The number of benzene rings is 2. The Kier molecular flexibility index (Phi) is 4.30. The Bertz CT molecular complexity index is 623. The molecule has 104 valence electrons. The molecule has 0 saturated heterocycles. The van der Waals surface area contributed by atoms with Crippen molar-refractivity contribution >= 4 is 23.2 Å². The van der Waals surface area contributed by atoms with E-state index in [-0.39, 0.29) is 5.91 Å². The molecule has 0 atom stereocenters. The minimum absolute atomic E-state index is 0.0823. The molecule has 2 rings (SSSR count). The molecule has 0 aliphatic rings. The molecule has 0 aliphatic carbocycles. The van der Waals surface area contributed by atoms with Crippen LogP contribution in [0.4, 0.5) is 5.69 Å². The molecule has 0 radical (unpaired) electrons. The first-order chi connectivity index (χ1) is 9.49. The zero-order chi connectivity index (χ0) is 14.7. The summed E-state index contributed by atoms with van der Waals surface area (Å²) in [6, 6.07) is 12.9. The summed E-state index contributed by atoms with van der Waals surface area (Å²) >= 11 is 5.85. The number of nitrogen functional groups attached to an aromatic ring is 1. The maximum Gasteiger partial charge on any atom is 0.255 e. The highest BCUT2D eigenvalue weighted by molar-refractivity contribution is 6.30. The average molecular weight is 289 g/mol. The van der Waals surface area contributed by atoms with E-state index in [4.69, 9.17) is 17.3 Å². The molecule has 2 aromatic rings. The first-order valence-electron chi connectivity index (χ1n) is 6.34. The summed E-state index contributed by atoms with van der Waals surface area (Å²) < 4.78 is 0. The lowest BCUT2D eigenvalue weighted by Gasteiger charge is -2.19. The molecule has 0 heterocycles. The third-order valence-corrected chi connectivity index (χ3v) is 3.49. The quantitative estimate of drug-likeness (QED) is 0.879. The van der Waals surface area contributed by atoms with E-state index in [9.17, 15) is 4.79 Å². The SMILES string of the molecule is Cc1cccc(C(=O)N(C)Cc2ccc(Cl)cc2)c1N. The van der Waals surface area contributed by atoms with Gasteiger partial charge in [0.15, 0.2) is 0 Å². The highest BCUT2D eigenvalue weighted by atomic mass is 35.5. The monoisotopic (exact) mass is 288 g/mol. The van der Waals surface area contributed by atoms with Gasteiger partial charge in [-0.2, -0.15) is 0 Å². The summed E-state index contributed by atoms with van der Waals surface area (Å²) in [5.74, 6) is -0.0823. The smallest absolute Gasteiger partial charge is 0.255 e. The van der Waals surface area contributed by atoms with Gasteiger partial charge < -0.3 is 10.6 Å². The summed E-state index contributed by atoms with van der Waals surface area (Å²) in [4.78, 5) is 14.1. The molecule has 20 heavy (non-hydrogen) atoms.